The molecule has 1 nitrogen and oxygen atoms in total. The maximum atomic E-state index is 6.24. The summed E-state index contributed by atoms with van der Waals surface area (Å²) in [6, 6.07) is 10.6. The monoisotopic (exact) mass is 287 g/mol. The first-order valence-electron chi connectivity index (χ1n) is 6.57. The minimum Gasteiger partial charge on any atom is -0.317 e. The topological polar surface area (TPSA) is 3.24 Å². The van der Waals surface area contributed by atoms with E-state index in [1.165, 1.54) is 22.8 Å². The molecule has 19 heavy (non-hydrogen) atoms. The van der Waals surface area contributed by atoms with E-state index in [4.69, 9.17) is 11.6 Å². The molecule has 1 aliphatic carbocycles. The zero-order valence-electron chi connectivity index (χ0n) is 10.4. The maximum absolute atomic E-state index is 6.24. The lowest BCUT2D eigenvalue weighted by Gasteiger charge is -2.25. The Bertz CT molecular complexity index is 602. The molecule has 0 radical (unpaired) electrons. The minimum atomic E-state index is 0.555. The highest BCUT2D eigenvalue weighted by Crippen LogP contribution is 2.52. The van der Waals surface area contributed by atoms with Gasteiger partial charge in [0.05, 0.1) is 0 Å². The quantitative estimate of drug-likeness (QED) is 0.734. The standard InChI is InChI=1S/C16H14ClNS/c17-11-6-7-15-13(8-11)14-9-19-10-16(14)18(15)12-4-2-1-3-5-12/h1-7,10,13-14H,8-9H2. The van der Waals surface area contributed by atoms with Crippen LogP contribution in [0.25, 0.3) is 0 Å². The van der Waals surface area contributed by atoms with Crippen molar-refractivity contribution < 1.29 is 0 Å². The summed E-state index contributed by atoms with van der Waals surface area (Å²) in [5.41, 5.74) is 4.13. The summed E-state index contributed by atoms with van der Waals surface area (Å²) in [6.07, 6.45) is 5.24. The number of benzene rings is 1. The van der Waals surface area contributed by atoms with Gasteiger partial charge in [-0.05, 0) is 36.1 Å². The van der Waals surface area contributed by atoms with Crippen LogP contribution in [0.3, 0.4) is 0 Å². The highest BCUT2D eigenvalue weighted by Gasteiger charge is 2.44. The van der Waals surface area contributed by atoms with Gasteiger partial charge in [-0.3, -0.25) is 0 Å². The molecule has 0 bridgehead atoms. The number of fused-ring (bicyclic) bond motifs is 3. The lowest BCUT2D eigenvalue weighted by Crippen LogP contribution is -2.17. The molecule has 96 valence electrons. The van der Waals surface area contributed by atoms with E-state index < -0.39 is 0 Å². The average Bonchev–Trinajstić information content (AvgIpc) is 3.00. The number of para-hydroxylation sites is 1. The molecule has 1 aromatic carbocycles. The number of thioether (sulfide) groups is 1. The van der Waals surface area contributed by atoms with Gasteiger partial charge in [-0.25, -0.2) is 0 Å². The second-order valence-corrected chi connectivity index (χ2v) is 6.56. The van der Waals surface area contributed by atoms with Gasteiger partial charge in [0.15, 0.2) is 0 Å². The number of anilines is 1. The van der Waals surface area contributed by atoms with E-state index in [1.54, 1.807) is 0 Å². The van der Waals surface area contributed by atoms with Crippen LogP contribution in [-0.4, -0.2) is 5.75 Å². The van der Waals surface area contributed by atoms with Crippen molar-refractivity contribution in [3.05, 3.63) is 64.3 Å². The summed E-state index contributed by atoms with van der Waals surface area (Å²) in [5.74, 6) is 2.36. The van der Waals surface area contributed by atoms with Gasteiger partial charge >= 0.3 is 0 Å². The summed E-state index contributed by atoms with van der Waals surface area (Å²) in [5, 5.41) is 3.31. The second-order valence-electron chi connectivity index (χ2n) is 5.17. The van der Waals surface area contributed by atoms with E-state index in [-0.39, 0.29) is 0 Å². The highest BCUT2D eigenvalue weighted by atomic mass is 35.5. The van der Waals surface area contributed by atoms with Crippen LogP contribution in [0, 0.1) is 11.8 Å². The fraction of sp³-hybridized carbons (Fsp3) is 0.250. The van der Waals surface area contributed by atoms with E-state index in [9.17, 15) is 0 Å². The molecule has 1 fully saturated rings. The molecule has 2 unspecified atom stereocenters. The third-order valence-electron chi connectivity index (χ3n) is 4.11. The molecule has 4 rings (SSSR count). The lowest BCUT2D eigenvalue weighted by molar-refractivity contribution is 0.522. The van der Waals surface area contributed by atoms with Crippen LogP contribution in [0.15, 0.2) is 64.3 Å². The molecular weight excluding hydrogens is 274 g/mol. The average molecular weight is 288 g/mol. The van der Waals surface area contributed by atoms with Gasteiger partial charge in [-0.15, -0.1) is 11.8 Å². The normalized spacial score (nSPS) is 28.5. The van der Waals surface area contributed by atoms with Crippen LogP contribution >= 0.6 is 23.4 Å². The third kappa shape index (κ3) is 1.78. The van der Waals surface area contributed by atoms with Crippen molar-refractivity contribution in [1.29, 1.82) is 0 Å². The first-order chi connectivity index (χ1) is 9.34. The zero-order valence-corrected chi connectivity index (χ0v) is 12.0. The molecule has 2 aliphatic heterocycles. The molecule has 3 heteroatoms. The number of hydrogen-bond donors (Lipinski definition) is 0. The molecule has 3 aliphatic rings. The lowest BCUT2D eigenvalue weighted by atomic mass is 9.88. The van der Waals surface area contributed by atoms with Crippen LogP contribution in [0.2, 0.25) is 0 Å². The van der Waals surface area contributed by atoms with Gasteiger partial charge in [-0.2, -0.15) is 0 Å². The van der Waals surface area contributed by atoms with E-state index in [1.807, 2.05) is 11.8 Å². The molecule has 0 spiro atoms. The molecule has 1 saturated heterocycles. The Hall–Kier alpha value is -1.12. The van der Waals surface area contributed by atoms with Crippen LogP contribution < -0.4 is 4.90 Å². The smallest absolute Gasteiger partial charge is 0.0455 e. The first-order valence-corrected chi connectivity index (χ1v) is 8.00. The largest absolute Gasteiger partial charge is 0.317 e. The van der Waals surface area contributed by atoms with Gasteiger partial charge in [0.1, 0.15) is 0 Å². The number of hydrogen-bond acceptors (Lipinski definition) is 2. The fourth-order valence-corrected chi connectivity index (χ4v) is 4.63. The SMILES string of the molecule is ClC1=CC=C2C(C1)C1CSC=C1N2c1ccccc1. The van der Waals surface area contributed by atoms with Gasteiger partial charge in [0.25, 0.3) is 0 Å². The van der Waals surface area contributed by atoms with Crippen molar-refractivity contribution in [1.82, 2.24) is 0 Å². The van der Waals surface area contributed by atoms with Crippen molar-refractivity contribution in [3.8, 4) is 0 Å². The summed E-state index contributed by atoms with van der Waals surface area (Å²) in [4.78, 5) is 2.43. The summed E-state index contributed by atoms with van der Waals surface area (Å²) in [6.45, 7) is 0. The van der Waals surface area contributed by atoms with Crippen LogP contribution in [-0.2, 0) is 0 Å². The fourth-order valence-electron chi connectivity index (χ4n) is 3.25. The predicted octanol–water partition coefficient (Wildman–Crippen LogP) is 4.74. The Morgan fingerprint density at radius 3 is 2.74 bits per heavy atom. The second kappa shape index (κ2) is 4.46. The van der Waals surface area contributed by atoms with E-state index in [2.05, 4.69) is 52.8 Å². The minimum absolute atomic E-state index is 0.555. The third-order valence-corrected chi connectivity index (χ3v) is 5.35. The maximum Gasteiger partial charge on any atom is 0.0455 e. The Labute approximate surface area is 122 Å². The molecule has 0 aromatic heterocycles. The Balaban J connectivity index is 1.84. The molecule has 0 saturated carbocycles. The van der Waals surface area contributed by atoms with Gasteiger partial charge in [0, 0.05) is 39.7 Å². The Morgan fingerprint density at radius 2 is 1.89 bits per heavy atom. The van der Waals surface area contributed by atoms with Crippen molar-refractivity contribution >= 4 is 29.1 Å². The Kier molecular flexibility index (Phi) is 2.75. The number of halogens is 1. The molecule has 2 heterocycles. The highest BCUT2D eigenvalue weighted by molar-refractivity contribution is 8.02. The predicted molar refractivity (Wildman–Crippen MR) is 83.1 cm³/mol. The summed E-state index contributed by atoms with van der Waals surface area (Å²) >= 11 is 8.17. The van der Waals surface area contributed by atoms with Gasteiger partial charge in [-0.1, -0.05) is 29.8 Å². The molecule has 2 atom stereocenters. The van der Waals surface area contributed by atoms with E-state index in [0.29, 0.717) is 11.8 Å². The van der Waals surface area contributed by atoms with Crippen molar-refractivity contribution in [2.75, 3.05) is 10.7 Å². The summed E-state index contributed by atoms with van der Waals surface area (Å²) in [7, 11) is 0. The summed E-state index contributed by atoms with van der Waals surface area (Å²) < 4.78 is 0. The number of nitrogens with zero attached hydrogens (tertiary/aromatic N) is 1. The van der Waals surface area contributed by atoms with E-state index >= 15 is 0 Å². The van der Waals surface area contributed by atoms with Crippen molar-refractivity contribution in [2.24, 2.45) is 11.8 Å². The molecule has 0 amide bonds. The van der Waals surface area contributed by atoms with E-state index in [0.717, 1.165) is 11.5 Å². The first kappa shape index (κ1) is 11.7. The number of rotatable bonds is 1. The van der Waals surface area contributed by atoms with Gasteiger partial charge in [0.2, 0.25) is 0 Å². The van der Waals surface area contributed by atoms with Crippen molar-refractivity contribution in [3.63, 3.8) is 0 Å². The number of allylic oxidation sites excluding steroid dienone is 5. The van der Waals surface area contributed by atoms with Crippen molar-refractivity contribution in [2.45, 2.75) is 6.42 Å². The zero-order chi connectivity index (χ0) is 12.8. The van der Waals surface area contributed by atoms with Gasteiger partial charge < -0.3 is 4.90 Å². The molecule has 0 N–H and O–H groups in total. The molecule has 1 aromatic rings. The molecular formula is C16H14ClNS. The van der Waals surface area contributed by atoms with Crippen LogP contribution in [0.5, 0.6) is 0 Å². The Morgan fingerprint density at radius 1 is 1.05 bits per heavy atom. The van der Waals surface area contributed by atoms with Crippen LogP contribution in [0.4, 0.5) is 5.69 Å². The van der Waals surface area contributed by atoms with Crippen LogP contribution in [0.1, 0.15) is 6.42 Å².